The summed E-state index contributed by atoms with van der Waals surface area (Å²) in [5, 5.41) is 0.463. The summed E-state index contributed by atoms with van der Waals surface area (Å²) in [4.78, 5) is 3.80. The lowest BCUT2D eigenvalue weighted by Crippen LogP contribution is -2.08. The van der Waals surface area contributed by atoms with Gasteiger partial charge in [0.2, 0.25) is 0 Å². The highest BCUT2D eigenvalue weighted by atomic mass is 35.5. The van der Waals surface area contributed by atoms with E-state index in [1.165, 1.54) is 19.2 Å². The predicted octanol–water partition coefficient (Wildman–Crippen LogP) is 2.43. The van der Waals surface area contributed by atoms with Gasteiger partial charge in [-0.25, -0.2) is 4.98 Å². The van der Waals surface area contributed by atoms with Crippen LogP contribution in [0.2, 0.25) is 10.2 Å². The Morgan fingerprint density at radius 1 is 1.47 bits per heavy atom. The Morgan fingerprint density at radius 2 is 2.07 bits per heavy atom. The zero-order chi connectivity index (χ0) is 11.6. The second-order valence-corrected chi connectivity index (χ2v) is 5.31. The van der Waals surface area contributed by atoms with E-state index in [1.807, 2.05) is 0 Å². The Kier molecular flexibility index (Phi) is 3.94. The topological polar surface area (TPSA) is 56.3 Å². The van der Waals surface area contributed by atoms with Crippen LogP contribution in [0.15, 0.2) is 12.3 Å². The van der Waals surface area contributed by atoms with Gasteiger partial charge in [-0.15, -0.1) is 0 Å². The summed E-state index contributed by atoms with van der Waals surface area (Å²) in [5.41, 5.74) is 0.367. The number of hydrogen-bond acceptors (Lipinski definition) is 4. The number of nitrogens with zero attached hydrogens (tertiary/aromatic N) is 1. The third kappa shape index (κ3) is 3.61. The molecule has 0 aromatic carbocycles. The highest BCUT2D eigenvalue weighted by Crippen LogP contribution is 2.31. The van der Waals surface area contributed by atoms with Crippen molar-refractivity contribution in [3.05, 3.63) is 28.0 Å². The van der Waals surface area contributed by atoms with Gasteiger partial charge in [-0.3, -0.25) is 4.18 Å². The molecule has 0 N–H and O–H groups in total. The molecule has 0 aliphatic heterocycles. The highest BCUT2D eigenvalue weighted by Gasteiger charge is 2.19. The van der Waals surface area contributed by atoms with Crippen LogP contribution in [0.25, 0.3) is 0 Å². The lowest BCUT2D eigenvalue weighted by Gasteiger charge is -2.13. The van der Waals surface area contributed by atoms with E-state index in [9.17, 15) is 8.42 Å². The van der Waals surface area contributed by atoms with Crippen molar-refractivity contribution in [3.8, 4) is 0 Å². The van der Waals surface area contributed by atoms with E-state index in [0.29, 0.717) is 10.6 Å². The van der Waals surface area contributed by atoms with E-state index in [0.717, 1.165) is 6.26 Å². The van der Waals surface area contributed by atoms with E-state index in [1.54, 1.807) is 0 Å². The third-order valence-electron chi connectivity index (χ3n) is 1.61. The van der Waals surface area contributed by atoms with E-state index in [4.69, 9.17) is 27.4 Å². The zero-order valence-electron chi connectivity index (χ0n) is 8.07. The fraction of sp³-hybridized carbons (Fsp3) is 0.375. The predicted molar refractivity (Wildman–Crippen MR) is 58.6 cm³/mol. The first kappa shape index (κ1) is 12.7. The molecule has 84 valence electrons. The van der Waals surface area contributed by atoms with Crippen LogP contribution in [0.5, 0.6) is 0 Å². The molecule has 0 aliphatic rings. The minimum atomic E-state index is -3.55. The molecule has 1 heterocycles. The van der Waals surface area contributed by atoms with Crippen LogP contribution in [-0.2, 0) is 14.3 Å². The number of hydrogen-bond donors (Lipinski definition) is 0. The van der Waals surface area contributed by atoms with Crippen LogP contribution in [0, 0.1) is 0 Å². The fourth-order valence-corrected chi connectivity index (χ4v) is 2.38. The molecular formula is C8H9Cl2NO3S. The van der Waals surface area contributed by atoms with Gasteiger partial charge in [0.1, 0.15) is 11.3 Å². The Labute approximate surface area is 98.3 Å². The van der Waals surface area contributed by atoms with Gasteiger partial charge in [0.05, 0.1) is 11.3 Å². The molecule has 0 bridgehead atoms. The summed E-state index contributed by atoms with van der Waals surface area (Å²) in [7, 11) is -3.55. The minimum Gasteiger partial charge on any atom is -0.262 e. The Morgan fingerprint density at radius 3 is 2.53 bits per heavy atom. The van der Waals surface area contributed by atoms with Gasteiger partial charge in [0.25, 0.3) is 10.1 Å². The molecule has 0 fully saturated rings. The van der Waals surface area contributed by atoms with Crippen LogP contribution < -0.4 is 0 Å². The molecule has 4 nitrogen and oxygen atoms in total. The second-order valence-electron chi connectivity index (χ2n) is 2.94. The van der Waals surface area contributed by atoms with Crippen LogP contribution in [0.1, 0.15) is 18.6 Å². The summed E-state index contributed by atoms with van der Waals surface area (Å²) in [6.45, 7) is 1.54. The fourth-order valence-electron chi connectivity index (χ4n) is 1.10. The van der Waals surface area contributed by atoms with E-state index in [-0.39, 0.29) is 5.15 Å². The molecule has 1 atom stereocenters. The highest BCUT2D eigenvalue weighted by molar-refractivity contribution is 7.86. The molecule has 15 heavy (non-hydrogen) atoms. The first-order valence-electron chi connectivity index (χ1n) is 3.99. The monoisotopic (exact) mass is 269 g/mol. The van der Waals surface area contributed by atoms with Crippen molar-refractivity contribution in [2.24, 2.45) is 0 Å². The van der Waals surface area contributed by atoms with Gasteiger partial charge in [0.15, 0.2) is 0 Å². The van der Waals surface area contributed by atoms with Crippen LogP contribution >= 0.6 is 23.2 Å². The number of aromatic nitrogens is 1. The molecule has 1 rings (SSSR count). The lowest BCUT2D eigenvalue weighted by molar-refractivity contribution is 0.236. The number of rotatable bonds is 3. The van der Waals surface area contributed by atoms with Crippen molar-refractivity contribution in [3.63, 3.8) is 0 Å². The molecule has 0 spiro atoms. The van der Waals surface area contributed by atoms with Crippen molar-refractivity contribution >= 4 is 33.3 Å². The van der Waals surface area contributed by atoms with E-state index < -0.39 is 16.2 Å². The Balaban J connectivity index is 3.06. The Bertz CT molecular complexity index is 441. The summed E-state index contributed by atoms with van der Waals surface area (Å²) < 4.78 is 26.6. The molecule has 0 saturated carbocycles. The van der Waals surface area contributed by atoms with Crippen molar-refractivity contribution in [2.45, 2.75) is 13.0 Å². The summed E-state index contributed by atoms with van der Waals surface area (Å²) >= 11 is 11.6. The van der Waals surface area contributed by atoms with Gasteiger partial charge in [0, 0.05) is 11.8 Å². The van der Waals surface area contributed by atoms with Crippen molar-refractivity contribution < 1.29 is 12.6 Å². The average Bonchev–Trinajstić information content (AvgIpc) is 1.99. The number of halogens is 2. The quantitative estimate of drug-likeness (QED) is 0.625. The van der Waals surface area contributed by atoms with Gasteiger partial charge in [-0.1, -0.05) is 23.2 Å². The van der Waals surface area contributed by atoms with Crippen molar-refractivity contribution in [2.75, 3.05) is 6.26 Å². The van der Waals surface area contributed by atoms with E-state index >= 15 is 0 Å². The first-order chi connectivity index (χ1) is 6.81. The summed E-state index contributed by atoms with van der Waals surface area (Å²) in [5.74, 6) is 0. The third-order valence-corrected chi connectivity index (χ3v) is 2.88. The Hall–Kier alpha value is -0.360. The maximum absolute atomic E-state index is 10.9. The molecule has 0 saturated heterocycles. The van der Waals surface area contributed by atoms with Crippen molar-refractivity contribution in [1.29, 1.82) is 0 Å². The van der Waals surface area contributed by atoms with Gasteiger partial charge < -0.3 is 0 Å². The van der Waals surface area contributed by atoms with Crippen LogP contribution in [0.3, 0.4) is 0 Å². The lowest BCUT2D eigenvalue weighted by atomic mass is 10.2. The van der Waals surface area contributed by atoms with E-state index in [2.05, 4.69) is 4.98 Å². The smallest absolute Gasteiger partial charge is 0.262 e. The van der Waals surface area contributed by atoms with Gasteiger partial charge in [-0.05, 0) is 13.0 Å². The average molecular weight is 270 g/mol. The van der Waals surface area contributed by atoms with Gasteiger partial charge in [-0.2, -0.15) is 8.42 Å². The molecule has 0 aliphatic carbocycles. The largest absolute Gasteiger partial charge is 0.264 e. The van der Waals surface area contributed by atoms with Gasteiger partial charge >= 0.3 is 0 Å². The normalized spacial score (nSPS) is 13.9. The molecule has 7 heteroatoms. The van der Waals surface area contributed by atoms with Crippen LogP contribution in [0.4, 0.5) is 0 Å². The zero-order valence-corrected chi connectivity index (χ0v) is 10.4. The van der Waals surface area contributed by atoms with Crippen molar-refractivity contribution in [1.82, 2.24) is 4.98 Å². The maximum atomic E-state index is 10.9. The number of pyridine rings is 1. The summed E-state index contributed by atoms with van der Waals surface area (Å²) in [6.07, 6.45) is 1.64. The molecule has 1 aromatic rings. The molecule has 0 amide bonds. The van der Waals surface area contributed by atoms with Crippen LogP contribution in [-0.4, -0.2) is 19.7 Å². The summed E-state index contributed by atoms with van der Waals surface area (Å²) in [6, 6.07) is 1.52. The standard InChI is InChI=1S/C8H9Cl2NO3S/c1-5(14-15(2,12)13)7-6(9)3-4-11-8(7)10/h3-5H,1-2H3. The minimum absolute atomic E-state index is 0.138. The molecular weight excluding hydrogens is 261 g/mol. The maximum Gasteiger partial charge on any atom is 0.264 e. The molecule has 1 unspecified atom stereocenters. The second kappa shape index (κ2) is 4.65. The molecule has 1 aromatic heterocycles. The first-order valence-corrected chi connectivity index (χ1v) is 6.56. The SMILES string of the molecule is CC(OS(C)(=O)=O)c1c(Cl)ccnc1Cl. The molecule has 0 radical (unpaired) electrons.